The molecule has 0 radical (unpaired) electrons. The van der Waals surface area contributed by atoms with Gasteiger partial charge in [0.25, 0.3) is 0 Å². The van der Waals surface area contributed by atoms with Crippen LogP contribution in [0.3, 0.4) is 0 Å². The van der Waals surface area contributed by atoms with Crippen LogP contribution in [0.5, 0.6) is 0 Å². The molecule has 0 unspecified atom stereocenters. The van der Waals surface area contributed by atoms with E-state index in [-0.39, 0.29) is 6.29 Å². The van der Waals surface area contributed by atoms with Crippen LogP contribution in [-0.4, -0.2) is 32.7 Å². The third-order valence-corrected chi connectivity index (χ3v) is 1.19. The quantitative estimate of drug-likeness (QED) is 0.318. The van der Waals surface area contributed by atoms with Gasteiger partial charge in [-0.25, -0.2) is 0 Å². The van der Waals surface area contributed by atoms with E-state index in [1.807, 2.05) is 13.8 Å². The summed E-state index contributed by atoms with van der Waals surface area (Å²) in [5.41, 5.74) is 0. The maximum absolute atomic E-state index is 5.25. The lowest BCUT2D eigenvalue weighted by atomic mass is 10.6. The summed E-state index contributed by atoms with van der Waals surface area (Å²) < 4.78 is 15.7. The molecule has 72 valence electrons. The van der Waals surface area contributed by atoms with Crippen molar-refractivity contribution in [1.82, 2.24) is 0 Å². The van der Waals surface area contributed by atoms with Crippen molar-refractivity contribution in [3.05, 3.63) is 12.7 Å². The molecular weight excluding hydrogens is 156 g/mol. The molecule has 0 fully saturated rings. The van der Waals surface area contributed by atoms with Gasteiger partial charge in [0.1, 0.15) is 0 Å². The molecule has 0 spiro atoms. The Morgan fingerprint density at radius 3 is 2.25 bits per heavy atom. The molecule has 0 heterocycles. The fourth-order valence-corrected chi connectivity index (χ4v) is 0.764. The lowest BCUT2D eigenvalue weighted by Crippen LogP contribution is -2.23. The van der Waals surface area contributed by atoms with Gasteiger partial charge in [-0.2, -0.15) is 0 Å². The molecule has 0 bridgehead atoms. The third-order valence-electron chi connectivity index (χ3n) is 1.19. The maximum atomic E-state index is 5.25. The SMILES string of the molecule is C=CCOCC(OCC)OCC. The van der Waals surface area contributed by atoms with E-state index in [1.165, 1.54) is 0 Å². The van der Waals surface area contributed by atoms with Crippen LogP contribution in [0, 0.1) is 0 Å². The minimum atomic E-state index is -0.236. The zero-order valence-corrected chi connectivity index (χ0v) is 7.91. The molecule has 0 aliphatic heterocycles. The van der Waals surface area contributed by atoms with Crippen LogP contribution in [0.25, 0.3) is 0 Å². The van der Waals surface area contributed by atoms with Crippen molar-refractivity contribution in [2.45, 2.75) is 20.1 Å². The van der Waals surface area contributed by atoms with Gasteiger partial charge in [0, 0.05) is 13.2 Å². The molecule has 0 rings (SSSR count). The van der Waals surface area contributed by atoms with Crippen molar-refractivity contribution in [2.75, 3.05) is 26.4 Å². The molecule has 0 aliphatic carbocycles. The Kier molecular flexibility index (Phi) is 8.44. The van der Waals surface area contributed by atoms with Gasteiger partial charge < -0.3 is 14.2 Å². The lowest BCUT2D eigenvalue weighted by molar-refractivity contribution is -0.165. The average Bonchev–Trinajstić information content (AvgIpc) is 2.06. The van der Waals surface area contributed by atoms with Crippen molar-refractivity contribution in [3.8, 4) is 0 Å². The van der Waals surface area contributed by atoms with Crippen molar-refractivity contribution in [3.63, 3.8) is 0 Å². The molecule has 0 saturated heterocycles. The van der Waals surface area contributed by atoms with Gasteiger partial charge in [-0.15, -0.1) is 6.58 Å². The van der Waals surface area contributed by atoms with Crippen molar-refractivity contribution >= 4 is 0 Å². The van der Waals surface area contributed by atoms with Crippen LogP contribution < -0.4 is 0 Å². The molecule has 12 heavy (non-hydrogen) atoms. The summed E-state index contributed by atoms with van der Waals surface area (Å²) in [5, 5.41) is 0. The molecule has 0 N–H and O–H groups in total. The van der Waals surface area contributed by atoms with Crippen LogP contribution in [0.2, 0.25) is 0 Å². The number of hydrogen-bond donors (Lipinski definition) is 0. The van der Waals surface area contributed by atoms with Crippen molar-refractivity contribution in [2.24, 2.45) is 0 Å². The van der Waals surface area contributed by atoms with Gasteiger partial charge in [0.15, 0.2) is 6.29 Å². The zero-order chi connectivity index (χ0) is 9.23. The van der Waals surface area contributed by atoms with Gasteiger partial charge in [0.2, 0.25) is 0 Å². The Hall–Kier alpha value is -0.380. The fourth-order valence-electron chi connectivity index (χ4n) is 0.764. The number of ether oxygens (including phenoxy) is 3. The molecular formula is C9H18O3. The first-order valence-electron chi connectivity index (χ1n) is 4.27. The highest BCUT2D eigenvalue weighted by atomic mass is 16.7. The van der Waals surface area contributed by atoms with E-state index in [0.29, 0.717) is 26.4 Å². The summed E-state index contributed by atoms with van der Waals surface area (Å²) in [7, 11) is 0. The minimum Gasteiger partial charge on any atom is -0.372 e. The summed E-state index contributed by atoms with van der Waals surface area (Å²) in [6.45, 7) is 9.69. The Morgan fingerprint density at radius 2 is 1.83 bits per heavy atom. The van der Waals surface area contributed by atoms with E-state index >= 15 is 0 Å². The molecule has 0 saturated carbocycles. The first kappa shape index (κ1) is 11.6. The molecule has 0 aromatic heterocycles. The summed E-state index contributed by atoms with van der Waals surface area (Å²) in [4.78, 5) is 0. The normalized spacial score (nSPS) is 10.6. The van der Waals surface area contributed by atoms with Gasteiger partial charge in [0.05, 0.1) is 13.2 Å². The Balaban J connectivity index is 3.40. The predicted octanol–water partition coefficient (Wildman–Crippen LogP) is 1.59. The molecule has 0 aliphatic rings. The van der Waals surface area contributed by atoms with Gasteiger partial charge in [-0.3, -0.25) is 0 Å². The highest BCUT2D eigenvalue weighted by molar-refractivity contribution is 4.63. The summed E-state index contributed by atoms with van der Waals surface area (Å²) in [6, 6.07) is 0. The summed E-state index contributed by atoms with van der Waals surface area (Å²) >= 11 is 0. The maximum Gasteiger partial charge on any atom is 0.180 e. The molecule has 3 nitrogen and oxygen atoms in total. The van der Waals surface area contributed by atoms with E-state index in [1.54, 1.807) is 6.08 Å². The van der Waals surface area contributed by atoms with Crippen LogP contribution in [-0.2, 0) is 14.2 Å². The standard InChI is InChI=1S/C9H18O3/c1-4-7-10-8-9(11-5-2)12-6-3/h4,9H,1,5-8H2,2-3H3. The second-order valence-electron chi connectivity index (χ2n) is 2.17. The summed E-state index contributed by atoms with van der Waals surface area (Å²) in [5.74, 6) is 0. The first-order chi connectivity index (χ1) is 5.85. The first-order valence-corrected chi connectivity index (χ1v) is 4.27. The lowest BCUT2D eigenvalue weighted by Gasteiger charge is -2.16. The zero-order valence-electron chi connectivity index (χ0n) is 7.91. The number of rotatable bonds is 8. The Morgan fingerprint density at radius 1 is 1.25 bits per heavy atom. The van der Waals surface area contributed by atoms with Crippen molar-refractivity contribution < 1.29 is 14.2 Å². The predicted molar refractivity (Wildman–Crippen MR) is 48.1 cm³/mol. The Bertz CT molecular complexity index is 97.9. The average molecular weight is 174 g/mol. The smallest absolute Gasteiger partial charge is 0.180 e. The van der Waals surface area contributed by atoms with Crippen LogP contribution in [0.1, 0.15) is 13.8 Å². The molecule has 0 aromatic rings. The largest absolute Gasteiger partial charge is 0.372 e. The minimum absolute atomic E-state index is 0.236. The van der Waals surface area contributed by atoms with E-state index in [4.69, 9.17) is 14.2 Å². The fraction of sp³-hybridized carbons (Fsp3) is 0.778. The van der Waals surface area contributed by atoms with E-state index < -0.39 is 0 Å². The molecule has 0 aromatic carbocycles. The summed E-state index contributed by atoms with van der Waals surface area (Å²) in [6.07, 6.45) is 1.47. The second kappa shape index (κ2) is 8.71. The van der Waals surface area contributed by atoms with Crippen molar-refractivity contribution in [1.29, 1.82) is 0 Å². The molecule has 0 atom stereocenters. The highest BCUT2D eigenvalue weighted by Crippen LogP contribution is 1.95. The van der Waals surface area contributed by atoms with E-state index in [0.717, 1.165) is 0 Å². The monoisotopic (exact) mass is 174 g/mol. The molecule has 0 amide bonds. The Labute approximate surface area is 74.3 Å². The topological polar surface area (TPSA) is 27.7 Å². The van der Waals surface area contributed by atoms with Gasteiger partial charge in [-0.05, 0) is 13.8 Å². The van der Waals surface area contributed by atoms with Crippen LogP contribution >= 0.6 is 0 Å². The second-order valence-corrected chi connectivity index (χ2v) is 2.17. The highest BCUT2D eigenvalue weighted by Gasteiger charge is 2.06. The third kappa shape index (κ3) is 6.34. The number of hydrogen-bond acceptors (Lipinski definition) is 3. The van der Waals surface area contributed by atoms with Gasteiger partial charge >= 0.3 is 0 Å². The van der Waals surface area contributed by atoms with E-state index in [2.05, 4.69) is 6.58 Å². The van der Waals surface area contributed by atoms with Gasteiger partial charge in [-0.1, -0.05) is 6.08 Å². The van der Waals surface area contributed by atoms with Crippen LogP contribution in [0.4, 0.5) is 0 Å². The van der Waals surface area contributed by atoms with E-state index in [9.17, 15) is 0 Å². The molecule has 3 heteroatoms. The van der Waals surface area contributed by atoms with Crippen LogP contribution in [0.15, 0.2) is 12.7 Å².